The first-order valence-electron chi connectivity index (χ1n) is 9.65. The Balaban J connectivity index is 1.34. The lowest BCUT2D eigenvalue weighted by atomic mass is 9.47. The normalized spacial score (nSPS) is 37.5. The second kappa shape index (κ2) is 5.77. The van der Waals surface area contributed by atoms with Crippen molar-refractivity contribution in [3.05, 3.63) is 29.8 Å². The maximum Gasteiger partial charge on any atom is 0.296 e. The van der Waals surface area contributed by atoms with Gasteiger partial charge >= 0.3 is 0 Å². The van der Waals surface area contributed by atoms with E-state index in [1.165, 1.54) is 0 Å². The molecule has 6 rings (SSSR count). The SMILES string of the molecule is Cc1ccc(S(=O)(=O)OCC23CC4CC(C2)C2(OCCO2)C(C4)C3)cc1. The first-order chi connectivity index (χ1) is 12.4. The predicted molar refractivity (Wildman–Crippen MR) is 94.9 cm³/mol. The first kappa shape index (κ1) is 17.2. The molecule has 1 spiro atoms. The van der Waals surface area contributed by atoms with Crippen LogP contribution in [0.15, 0.2) is 29.2 Å². The van der Waals surface area contributed by atoms with Crippen molar-refractivity contribution in [1.29, 1.82) is 0 Å². The molecule has 0 amide bonds. The van der Waals surface area contributed by atoms with Gasteiger partial charge in [0, 0.05) is 11.8 Å². The van der Waals surface area contributed by atoms with Crippen LogP contribution >= 0.6 is 0 Å². The summed E-state index contributed by atoms with van der Waals surface area (Å²) in [5.74, 6) is 1.01. The Morgan fingerprint density at radius 2 is 1.65 bits per heavy atom. The fourth-order valence-corrected chi connectivity index (χ4v) is 7.17. The highest BCUT2D eigenvalue weighted by Gasteiger charge is 2.65. The molecular formula is C20H26O5S. The molecule has 0 aromatic heterocycles. The molecule has 4 aliphatic carbocycles. The van der Waals surface area contributed by atoms with E-state index in [1.807, 2.05) is 6.92 Å². The Morgan fingerprint density at radius 3 is 2.27 bits per heavy atom. The molecule has 1 aromatic carbocycles. The Morgan fingerprint density at radius 1 is 1.04 bits per heavy atom. The lowest BCUT2D eigenvalue weighted by Gasteiger charge is -2.62. The molecule has 5 nitrogen and oxygen atoms in total. The Hall–Kier alpha value is -0.950. The van der Waals surface area contributed by atoms with Gasteiger partial charge in [-0.2, -0.15) is 8.42 Å². The van der Waals surface area contributed by atoms with Crippen molar-refractivity contribution < 1.29 is 22.1 Å². The second-order valence-electron chi connectivity index (χ2n) is 8.79. The van der Waals surface area contributed by atoms with Gasteiger partial charge in [0.05, 0.1) is 24.7 Å². The molecule has 4 saturated carbocycles. The van der Waals surface area contributed by atoms with Crippen molar-refractivity contribution in [2.45, 2.75) is 49.7 Å². The Labute approximate surface area is 155 Å². The molecule has 0 radical (unpaired) electrons. The van der Waals surface area contributed by atoms with Crippen molar-refractivity contribution in [1.82, 2.24) is 0 Å². The highest BCUT2D eigenvalue weighted by molar-refractivity contribution is 7.86. The van der Waals surface area contributed by atoms with E-state index >= 15 is 0 Å². The van der Waals surface area contributed by atoms with Crippen LogP contribution in [0.5, 0.6) is 0 Å². The van der Waals surface area contributed by atoms with Crippen molar-refractivity contribution in [2.75, 3.05) is 19.8 Å². The number of hydrogen-bond acceptors (Lipinski definition) is 5. The van der Waals surface area contributed by atoms with Gasteiger partial charge in [-0.05, 0) is 62.5 Å². The second-order valence-corrected chi connectivity index (χ2v) is 10.4. The average Bonchev–Trinajstić information content (AvgIpc) is 3.09. The smallest absolute Gasteiger partial charge is 0.296 e. The molecule has 0 N–H and O–H groups in total. The van der Waals surface area contributed by atoms with Crippen molar-refractivity contribution >= 4 is 10.1 Å². The molecule has 6 heteroatoms. The predicted octanol–water partition coefficient (Wildman–Crippen LogP) is 3.27. The fourth-order valence-electron chi connectivity index (χ4n) is 6.16. The molecular weight excluding hydrogens is 352 g/mol. The largest absolute Gasteiger partial charge is 0.347 e. The topological polar surface area (TPSA) is 61.8 Å². The molecule has 4 bridgehead atoms. The van der Waals surface area contributed by atoms with Gasteiger partial charge < -0.3 is 9.47 Å². The van der Waals surface area contributed by atoms with E-state index in [0.717, 1.165) is 37.7 Å². The summed E-state index contributed by atoms with van der Waals surface area (Å²) in [6.45, 7) is 3.59. The highest BCUT2D eigenvalue weighted by atomic mass is 32.2. The lowest BCUT2D eigenvalue weighted by Crippen LogP contribution is -2.62. The van der Waals surface area contributed by atoms with Crippen LogP contribution in [0.2, 0.25) is 0 Å². The van der Waals surface area contributed by atoms with Gasteiger partial charge in [-0.1, -0.05) is 17.7 Å². The summed E-state index contributed by atoms with van der Waals surface area (Å²) in [7, 11) is -3.71. The summed E-state index contributed by atoms with van der Waals surface area (Å²) in [5, 5.41) is 0. The zero-order valence-electron chi connectivity index (χ0n) is 15.1. The molecule has 1 aromatic rings. The molecule has 5 fully saturated rings. The van der Waals surface area contributed by atoms with Crippen molar-refractivity contribution in [3.63, 3.8) is 0 Å². The van der Waals surface area contributed by atoms with Crippen LogP contribution in [0.4, 0.5) is 0 Å². The van der Waals surface area contributed by atoms with Crippen molar-refractivity contribution in [2.24, 2.45) is 23.2 Å². The third-order valence-electron chi connectivity index (χ3n) is 7.02. The van der Waals surface area contributed by atoms with E-state index in [0.29, 0.717) is 31.0 Å². The van der Waals surface area contributed by atoms with E-state index < -0.39 is 15.9 Å². The minimum absolute atomic E-state index is 0.0468. The lowest BCUT2D eigenvalue weighted by molar-refractivity contribution is -0.304. The Kier molecular flexibility index (Phi) is 3.81. The van der Waals surface area contributed by atoms with Gasteiger partial charge in [0.1, 0.15) is 0 Å². The van der Waals surface area contributed by atoms with Gasteiger partial charge in [-0.3, -0.25) is 4.18 Å². The molecule has 5 aliphatic rings. The average molecular weight is 378 g/mol. The maximum atomic E-state index is 12.6. The van der Waals surface area contributed by atoms with Crippen LogP contribution in [-0.4, -0.2) is 34.0 Å². The zero-order chi connectivity index (χ0) is 18.0. The summed E-state index contributed by atoms with van der Waals surface area (Å²) < 4.78 is 43.0. The van der Waals surface area contributed by atoms with E-state index in [1.54, 1.807) is 24.3 Å². The molecule has 1 aliphatic heterocycles. The van der Waals surface area contributed by atoms with Crippen LogP contribution in [0.3, 0.4) is 0 Å². The standard InChI is InChI=1S/C20H26O5S/c1-14-2-4-18(5-3-14)26(21,22)25-13-19-10-15-8-16(11-19)20(17(9-15)12-19)23-6-7-24-20/h2-5,15-17H,6-13H2,1H3. The van der Waals surface area contributed by atoms with E-state index in [4.69, 9.17) is 13.7 Å². The number of hydrogen-bond donors (Lipinski definition) is 0. The first-order valence-corrected chi connectivity index (χ1v) is 11.1. The maximum absolute atomic E-state index is 12.6. The van der Waals surface area contributed by atoms with Gasteiger partial charge in [-0.25, -0.2) is 0 Å². The van der Waals surface area contributed by atoms with E-state index in [9.17, 15) is 8.42 Å². The minimum atomic E-state index is -3.71. The number of rotatable bonds is 4. The molecule has 142 valence electrons. The molecule has 26 heavy (non-hydrogen) atoms. The number of aryl methyl sites for hydroxylation is 1. The summed E-state index contributed by atoms with van der Waals surface area (Å²) >= 11 is 0. The molecule has 2 unspecified atom stereocenters. The van der Waals surface area contributed by atoms with Crippen LogP contribution in [0, 0.1) is 30.1 Å². The third kappa shape index (κ3) is 2.57. The van der Waals surface area contributed by atoms with Crippen molar-refractivity contribution in [3.8, 4) is 0 Å². The van der Waals surface area contributed by atoms with Crippen LogP contribution < -0.4 is 0 Å². The van der Waals surface area contributed by atoms with Crippen LogP contribution in [0.25, 0.3) is 0 Å². The summed E-state index contributed by atoms with van der Waals surface area (Å²) in [5.41, 5.74) is 0.987. The minimum Gasteiger partial charge on any atom is -0.347 e. The molecule has 2 atom stereocenters. The van der Waals surface area contributed by atoms with E-state index in [-0.39, 0.29) is 16.9 Å². The fraction of sp³-hybridized carbons (Fsp3) is 0.700. The number of benzene rings is 1. The molecule has 1 saturated heterocycles. The summed E-state index contributed by atoms with van der Waals surface area (Å²) in [6, 6.07) is 6.86. The quantitative estimate of drug-likeness (QED) is 0.753. The van der Waals surface area contributed by atoms with Gasteiger partial charge in [0.15, 0.2) is 5.79 Å². The molecule has 1 heterocycles. The van der Waals surface area contributed by atoms with Crippen LogP contribution in [0.1, 0.15) is 37.7 Å². The van der Waals surface area contributed by atoms with Crippen LogP contribution in [-0.2, 0) is 23.8 Å². The Bertz CT molecular complexity index is 776. The highest BCUT2D eigenvalue weighted by Crippen LogP contribution is 2.65. The summed E-state index contributed by atoms with van der Waals surface area (Å²) in [4.78, 5) is 0.242. The van der Waals surface area contributed by atoms with Gasteiger partial charge in [-0.15, -0.1) is 0 Å². The van der Waals surface area contributed by atoms with Gasteiger partial charge in [0.25, 0.3) is 10.1 Å². The van der Waals surface area contributed by atoms with Gasteiger partial charge in [0.2, 0.25) is 0 Å². The monoisotopic (exact) mass is 378 g/mol. The zero-order valence-corrected chi connectivity index (χ0v) is 16.0. The van der Waals surface area contributed by atoms with E-state index in [2.05, 4.69) is 0 Å². The summed E-state index contributed by atoms with van der Waals surface area (Å²) in [6.07, 6.45) is 5.25. The number of ether oxygens (including phenoxy) is 2. The third-order valence-corrected chi connectivity index (χ3v) is 8.30.